The van der Waals surface area contributed by atoms with Crippen molar-refractivity contribution in [1.29, 1.82) is 0 Å². The first-order valence-corrected chi connectivity index (χ1v) is 11.7. The summed E-state index contributed by atoms with van der Waals surface area (Å²) in [6.07, 6.45) is 4.67. The minimum Gasteiger partial charge on any atom is -0.493 e. The number of carboxylic acid groups (broad SMARTS) is 1. The van der Waals surface area contributed by atoms with Crippen LogP contribution in [0, 0.1) is 13.8 Å². The van der Waals surface area contributed by atoms with Gasteiger partial charge in [0.15, 0.2) is 0 Å². The van der Waals surface area contributed by atoms with Crippen molar-refractivity contribution in [2.45, 2.75) is 58.5 Å². The standard InChI is InChI=1S/C25H30ClNO4S/c1-15-12-20(31-11-9-19-6-4-5-10-30-19)13-16(2)23(15)24(32)27-22-14-18(7-8-21(22)26)17(3)25(28)29/h7-8,12-14,17,19H,4-6,9-11H2,1-3H3,(H,27,32)(H,28,29)/t17?,19-/m0/s1. The molecule has 0 amide bonds. The van der Waals surface area contributed by atoms with E-state index in [2.05, 4.69) is 5.32 Å². The molecule has 0 aliphatic carbocycles. The highest BCUT2D eigenvalue weighted by atomic mass is 35.5. The summed E-state index contributed by atoms with van der Waals surface area (Å²) in [6, 6.07) is 9.12. The predicted molar refractivity (Wildman–Crippen MR) is 132 cm³/mol. The summed E-state index contributed by atoms with van der Waals surface area (Å²) in [5, 5.41) is 13.0. The lowest BCUT2D eigenvalue weighted by Gasteiger charge is -2.22. The maximum absolute atomic E-state index is 11.3. The van der Waals surface area contributed by atoms with Gasteiger partial charge in [0.1, 0.15) is 10.7 Å². The Hall–Kier alpha value is -2.15. The number of carboxylic acids is 1. The minimum atomic E-state index is -0.891. The van der Waals surface area contributed by atoms with E-state index in [4.69, 9.17) is 33.3 Å². The van der Waals surface area contributed by atoms with Crippen LogP contribution in [0.4, 0.5) is 5.69 Å². The first-order chi connectivity index (χ1) is 15.3. The van der Waals surface area contributed by atoms with Crippen LogP contribution in [0.15, 0.2) is 30.3 Å². The Bertz CT molecular complexity index is 965. The zero-order valence-electron chi connectivity index (χ0n) is 18.7. The van der Waals surface area contributed by atoms with E-state index in [9.17, 15) is 9.90 Å². The highest BCUT2D eigenvalue weighted by Crippen LogP contribution is 2.29. The summed E-state index contributed by atoms with van der Waals surface area (Å²) in [7, 11) is 0. The Morgan fingerprint density at radius 1 is 1.28 bits per heavy atom. The molecule has 2 N–H and O–H groups in total. The van der Waals surface area contributed by atoms with E-state index in [1.54, 1.807) is 25.1 Å². The molecule has 0 aromatic heterocycles. The van der Waals surface area contributed by atoms with E-state index < -0.39 is 11.9 Å². The second-order valence-electron chi connectivity index (χ2n) is 8.31. The van der Waals surface area contributed by atoms with Crippen LogP contribution in [0.5, 0.6) is 5.75 Å². The second-order valence-corrected chi connectivity index (χ2v) is 9.13. The molecular formula is C25H30ClNO4S. The topological polar surface area (TPSA) is 67.8 Å². The molecule has 5 nitrogen and oxygen atoms in total. The molecule has 2 aromatic rings. The normalized spacial score (nSPS) is 16.9. The van der Waals surface area contributed by atoms with Crippen LogP contribution in [0.25, 0.3) is 0 Å². The number of benzene rings is 2. The van der Waals surface area contributed by atoms with Gasteiger partial charge in [-0.2, -0.15) is 0 Å². The number of carbonyl (C=O) groups is 1. The van der Waals surface area contributed by atoms with E-state index in [1.165, 1.54) is 6.42 Å². The SMILES string of the molecule is Cc1cc(OCC[C@@H]2CCCCO2)cc(C)c1C(=S)Nc1cc(C(C)C(=O)O)ccc1Cl. The first kappa shape index (κ1) is 24.5. The Labute approximate surface area is 200 Å². The molecule has 1 saturated heterocycles. The molecule has 2 atom stereocenters. The van der Waals surface area contributed by atoms with Crippen molar-refractivity contribution in [1.82, 2.24) is 0 Å². The number of aryl methyl sites for hydroxylation is 2. The highest BCUT2D eigenvalue weighted by Gasteiger charge is 2.18. The van der Waals surface area contributed by atoms with Gasteiger partial charge in [-0.3, -0.25) is 4.79 Å². The fourth-order valence-corrected chi connectivity index (χ4v) is 4.54. The van der Waals surface area contributed by atoms with Crippen LogP contribution in [0.2, 0.25) is 5.02 Å². The van der Waals surface area contributed by atoms with E-state index in [0.29, 0.717) is 34.0 Å². The molecule has 1 fully saturated rings. The Kier molecular flexibility index (Phi) is 8.51. The molecule has 2 aromatic carbocycles. The minimum absolute atomic E-state index is 0.298. The zero-order chi connectivity index (χ0) is 23.3. The summed E-state index contributed by atoms with van der Waals surface area (Å²) >= 11 is 12.0. The predicted octanol–water partition coefficient (Wildman–Crippen LogP) is 6.27. The third kappa shape index (κ3) is 6.21. The molecule has 0 saturated carbocycles. The number of thiocarbonyl (C=S) groups is 1. The van der Waals surface area contributed by atoms with Gasteiger partial charge in [-0.1, -0.05) is 29.9 Å². The zero-order valence-corrected chi connectivity index (χ0v) is 20.3. The summed E-state index contributed by atoms with van der Waals surface area (Å²) < 4.78 is 11.8. The molecule has 3 rings (SSSR count). The first-order valence-electron chi connectivity index (χ1n) is 11.0. The van der Waals surface area contributed by atoms with Crippen molar-refractivity contribution in [3.8, 4) is 5.75 Å². The van der Waals surface area contributed by atoms with Crippen LogP contribution in [0.3, 0.4) is 0 Å². The fraction of sp³-hybridized carbons (Fsp3) is 0.440. The number of anilines is 1. The number of hydrogen-bond donors (Lipinski definition) is 2. The number of ether oxygens (including phenoxy) is 2. The Morgan fingerprint density at radius 2 is 2.00 bits per heavy atom. The van der Waals surface area contributed by atoms with Crippen LogP contribution >= 0.6 is 23.8 Å². The molecule has 1 unspecified atom stereocenters. The van der Waals surface area contributed by atoms with Crippen molar-refractivity contribution in [2.75, 3.05) is 18.5 Å². The number of halogens is 1. The van der Waals surface area contributed by atoms with Gasteiger partial charge >= 0.3 is 5.97 Å². The van der Waals surface area contributed by atoms with Gasteiger partial charge in [0.05, 0.1) is 29.3 Å². The van der Waals surface area contributed by atoms with Gasteiger partial charge in [0.25, 0.3) is 0 Å². The van der Waals surface area contributed by atoms with Crippen LogP contribution in [0.1, 0.15) is 60.8 Å². The molecule has 32 heavy (non-hydrogen) atoms. The lowest BCUT2D eigenvalue weighted by molar-refractivity contribution is -0.138. The molecule has 1 aliphatic rings. The summed E-state index contributed by atoms with van der Waals surface area (Å²) in [4.78, 5) is 11.9. The quantitative estimate of drug-likeness (QED) is 0.438. The van der Waals surface area contributed by atoms with Crippen molar-refractivity contribution in [2.24, 2.45) is 0 Å². The maximum Gasteiger partial charge on any atom is 0.310 e. The van der Waals surface area contributed by atoms with Crippen LogP contribution in [-0.2, 0) is 9.53 Å². The van der Waals surface area contributed by atoms with Gasteiger partial charge in [-0.05, 0) is 81.0 Å². The molecular weight excluding hydrogens is 446 g/mol. The van der Waals surface area contributed by atoms with E-state index in [0.717, 1.165) is 48.3 Å². The Balaban J connectivity index is 1.69. The summed E-state index contributed by atoms with van der Waals surface area (Å²) in [5.74, 6) is -0.712. The van der Waals surface area contributed by atoms with Crippen LogP contribution in [-0.4, -0.2) is 35.4 Å². The maximum atomic E-state index is 11.3. The third-order valence-corrected chi connectivity index (χ3v) is 6.46. The Morgan fingerprint density at radius 3 is 2.62 bits per heavy atom. The molecule has 0 radical (unpaired) electrons. The largest absolute Gasteiger partial charge is 0.493 e. The van der Waals surface area contributed by atoms with Crippen molar-refractivity contribution >= 4 is 40.5 Å². The lowest BCUT2D eigenvalue weighted by Crippen LogP contribution is -2.21. The number of aliphatic carboxylic acids is 1. The third-order valence-electron chi connectivity index (χ3n) is 5.82. The fourth-order valence-electron chi connectivity index (χ4n) is 3.94. The molecule has 1 heterocycles. The molecule has 172 valence electrons. The van der Waals surface area contributed by atoms with Gasteiger partial charge < -0.3 is 19.9 Å². The average molecular weight is 476 g/mol. The second kappa shape index (κ2) is 11.1. The van der Waals surface area contributed by atoms with Gasteiger partial charge in [0.2, 0.25) is 0 Å². The van der Waals surface area contributed by atoms with Gasteiger partial charge in [-0.25, -0.2) is 0 Å². The number of rotatable bonds is 8. The highest BCUT2D eigenvalue weighted by molar-refractivity contribution is 7.81. The van der Waals surface area contributed by atoms with Gasteiger partial charge in [0, 0.05) is 18.6 Å². The smallest absolute Gasteiger partial charge is 0.310 e. The van der Waals surface area contributed by atoms with E-state index in [-0.39, 0.29) is 0 Å². The van der Waals surface area contributed by atoms with E-state index in [1.807, 2.05) is 26.0 Å². The molecule has 0 spiro atoms. The summed E-state index contributed by atoms with van der Waals surface area (Å²) in [5.41, 5.74) is 4.16. The molecule has 0 bridgehead atoms. The van der Waals surface area contributed by atoms with Crippen molar-refractivity contribution < 1.29 is 19.4 Å². The monoisotopic (exact) mass is 475 g/mol. The number of hydrogen-bond acceptors (Lipinski definition) is 4. The average Bonchev–Trinajstić information content (AvgIpc) is 2.75. The van der Waals surface area contributed by atoms with Crippen LogP contribution < -0.4 is 10.1 Å². The van der Waals surface area contributed by atoms with Gasteiger partial charge in [-0.15, -0.1) is 0 Å². The lowest BCUT2D eigenvalue weighted by atomic mass is 10.00. The molecule has 1 aliphatic heterocycles. The van der Waals surface area contributed by atoms with E-state index >= 15 is 0 Å². The molecule has 7 heteroatoms. The van der Waals surface area contributed by atoms with Crippen molar-refractivity contribution in [3.63, 3.8) is 0 Å². The number of nitrogens with one attached hydrogen (secondary N) is 1. The van der Waals surface area contributed by atoms with Crippen molar-refractivity contribution in [3.05, 3.63) is 57.6 Å². The summed E-state index contributed by atoms with van der Waals surface area (Å²) in [6.45, 7) is 7.11.